The van der Waals surface area contributed by atoms with Crippen LogP contribution in [0.2, 0.25) is 0 Å². The monoisotopic (exact) mass is 611 g/mol. The molecule has 0 radical (unpaired) electrons. The van der Waals surface area contributed by atoms with Gasteiger partial charge in [0.15, 0.2) is 0 Å². The molecule has 0 heterocycles. The van der Waals surface area contributed by atoms with Crippen LogP contribution in [0.25, 0.3) is 0 Å². The Kier molecular flexibility index (Phi) is 11.0. The molecule has 4 aromatic carbocycles. The molecule has 0 saturated heterocycles. The highest BCUT2D eigenvalue weighted by Gasteiger charge is 2.35. The van der Waals surface area contributed by atoms with Crippen molar-refractivity contribution in [1.82, 2.24) is 10.2 Å². The Bertz CT molecular complexity index is 1650. The van der Waals surface area contributed by atoms with Crippen molar-refractivity contribution in [3.05, 3.63) is 131 Å². The molecule has 7 nitrogen and oxygen atoms in total. The molecule has 0 aliphatic carbocycles. The van der Waals surface area contributed by atoms with E-state index in [0.29, 0.717) is 5.69 Å². The summed E-state index contributed by atoms with van der Waals surface area (Å²) in [4.78, 5) is 30.0. The molecule has 230 valence electrons. The average Bonchev–Trinajstić information content (AvgIpc) is 3.03. The first-order chi connectivity index (χ1) is 21.1. The van der Waals surface area contributed by atoms with Gasteiger partial charge >= 0.3 is 0 Å². The van der Waals surface area contributed by atoms with Gasteiger partial charge in [-0.15, -0.1) is 0 Å². The summed E-state index contributed by atoms with van der Waals surface area (Å²) in [5, 5.41) is 3.06. The van der Waals surface area contributed by atoms with Crippen molar-refractivity contribution in [3.8, 4) is 0 Å². The van der Waals surface area contributed by atoms with Crippen LogP contribution in [-0.2, 0) is 32.6 Å². The quantitative estimate of drug-likeness (QED) is 0.199. The fourth-order valence-corrected chi connectivity index (χ4v) is 6.59. The van der Waals surface area contributed by atoms with Crippen LogP contribution in [0.4, 0.5) is 5.69 Å². The molecule has 0 aliphatic heterocycles. The summed E-state index contributed by atoms with van der Waals surface area (Å²) in [7, 11) is -4.13. The molecule has 0 aliphatic rings. The number of nitrogens with one attached hydrogen (secondary N) is 1. The predicted octanol–water partition coefficient (Wildman–Crippen LogP) is 6.05. The smallest absolute Gasteiger partial charge is 0.264 e. The lowest BCUT2D eigenvalue weighted by Gasteiger charge is -2.34. The lowest BCUT2D eigenvalue weighted by Crippen LogP contribution is -2.54. The summed E-state index contributed by atoms with van der Waals surface area (Å²) in [5.41, 5.74) is 3.84. The molecular formula is C36H41N3O4S. The van der Waals surface area contributed by atoms with Gasteiger partial charge in [-0.3, -0.25) is 13.9 Å². The fraction of sp³-hybridized carbons (Fsp3) is 0.278. The minimum Gasteiger partial charge on any atom is -0.352 e. The number of carbonyl (C=O) groups is 2. The molecule has 0 bridgehead atoms. The number of rotatable bonds is 13. The molecule has 0 unspecified atom stereocenters. The lowest BCUT2D eigenvalue weighted by molar-refractivity contribution is -0.140. The third kappa shape index (κ3) is 8.14. The van der Waals surface area contributed by atoms with Crippen molar-refractivity contribution in [1.29, 1.82) is 0 Å². The van der Waals surface area contributed by atoms with Crippen LogP contribution in [0.1, 0.15) is 42.5 Å². The van der Waals surface area contributed by atoms with Crippen LogP contribution in [0.5, 0.6) is 0 Å². The first-order valence-corrected chi connectivity index (χ1v) is 16.4. The van der Waals surface area contributed by atoms with Crippen molar-refractivity contribution in [2.45, 2.75) is 64.1 Å². The molecular weight excluding hydrogens is 570 g/mol. The SMILES string of the molecule is CC[C@H](C)NC(=O)[C@H](Cc1ccccc1)N(Cc1ccccc1)C(=O)CN(c1ccc(C)cc1C)S(=O)(=O)c1ccccc1. The minimum atomic E-state index is -4.13. The van der Waals surface area contributed by atoms with E-state index in [-0.39, 0.29) is 29.8 Å². The number of carbonyl (C=O) groups excluding carboxylic acids is 2. The normalized spacial score (nSPS) is 12.6. The molecule has 8 heteroatoms. The number of benzene rings is 4. The van der Waals surface area contributed by atoms with E-state index < -0.39 is 28.5 Å². The van der Waals surface area contributed by atoms with Crippen LogP contribution in [0.15, 0.2) is 114 Å². The highest BCUT2D eigenvalue weighted by atomic mass is 32.2. The maximum absolute atomic E-state index is 14.5. The fourth-order valence-electron chi connectivity index (χ4n) is 5.09. The predicted molar refractivity (Wildman–Crippen MR) is 176 cm³/mol. The Balaban J connectivity index is 1.81. The molecule has 0 saturated carbocycles. The Morgan fingerprint density at radius 3 is 1.93 bits per heavy atom. The van der Waals surface area contributed by atoms with Gasteiger partial charge in [-0.2, -0.15) is 0 Å². The summed E-state index contributed by atoms with van der Waals surface area (Å²) in [6, 6.07) is 31.6. The number of sulfonamides is 1. The minimum absolute atomic E-state index is 0.0812. The standard InChI is InChI=1S/C36H41N3O4S/c1-5-29(4)37-36(41)34(24-30-15-9-6-10-16-30)38(25-31-17-11-7-12-18-31)35(40)26-39(33-22-21-27(2)23-28(33)3)44(42,43)32-19-13-8-14-20-32/h6-23,29,34H,5,24-26H2,1-4H3,(H,37,41)/t29-,34-/m0/s1. The van der Waals surface area contributed by atoms with Crippen molar-refractivity contribution < 1.29 is 18.0 Å². The van der Waals surface area contributed by atoms with Gasteiger partial charge in [-0.05, 0) is 62.1 Å². The van der Waals surface area contributed by atoms with E-state index >= 15 is 0 Å². The molecule has 44 heavy (non-hydrogen) atoms. The Morgan fingerprint density at radius 2 is 1.36 bits per heavy atom. The van der Waals surface area contributed by atoms with E-state index in [4.69, 9.17) is 0 Å². The molecule has 4 rings (SSSR count). The molecule has 1 N–H and O–H groups in total. The van der Waals surface area contributed by atoms with Crippen LogP contribution < -0.4 is 9.62 Å². The summed E-state index contributed by atoms with van der Waals surface area (Å²) in [5.74, 6) is -0.759. The van der Waals surface area contributed by atoms with Crippen molar-refractivity contribution >= 4 is 27.5 Å². The van der Waals surface area contributed by atoms with Gasteiger partial charge in [-0.25, -0.2) is 8.42 Å². The van der Waals surface area contributed by atoms with Gasteiger partial charge in [0.2, 0.25) is 11.8 Å². The number of anilines is 1. The Hall–Kier alpha value is -4.43. The van der Waals surface area contributed by atoms with Crippen LogP contribution in [-0.4, -0.2) is 43.8 Å². The van der Waals surface area contributed by atoms with E-state index in [2.05, 4.69) is 5.32 Å². The van der Waals surface area contributed by atoms with Crippen molar-refractivity contribution in [2.24, 2.45) is 0 Å². The zero-order valence-electron chi connectivity index (χ0n) is 25.8. The summed E-state index contributed by atoms with van der Waals surface area (Å²) >= 11 is 0. The summed E-state index contributed by atoms with van der Waals surface area (Å²) in [6.07, 6.45) is 1.00. The highest BCUT2D eigenvalue weighted by molar-refractivity contribution is 7.92. The summed E-state index contributed by atoms with van der Waals surface area (Å²) < 4.78 is 29.5. The van der Waals surface area contributed by atoms with E-state index in [9.17, 15) is 18.0 Å². The average molecular weight is 612 g/mol. The van der Waals surface area contributed by atoms with Gasteiger partial charge in [0.1, 0.15) is 12.6 Å². The van der Waals surface area contributed by atoms with Gasteiger partial charge in [0.05, 0.1) is 10.6 Å². The first kappa shape index (κ1) is 32.5. The molecule has 2 atom stereocenters. The zero-order valence-corrected chi connectivity index (χ0v) is 26.6. The van der Waals surface area contributed by atoms with Crippen molar-refractivity contribution in [2.75, 3.05) is 10.8 Å². The number of nitrogens with zero attached hydrogens (tertiary/aromatic N) is 2. The number of hydrogen-bond donors (Lipinski definition) is 1. The van der Waals surface area contributed by atoms with Gasteiger partial charge in [0.25, 0.3) is 10.0 Å². The summed E-state index contributed by atoms with van der Waals surface area (Å²) in [6.45, 7) is 7.34. The Labute approximate surface area is 261 Å². The highest BCUT2D eigenvalue weighted by Crippen LogP contribution is 2.28. The number of aryl methyl sites for hydroxylation is 2. The van der Waals surface area contributed by atoms with Crippen LogP contribution in [0, 0.1) is 13.8 Å². The molecule has 0 fully saturated rings. The first-order valence-electron chi connectivity index (χ1n) is 14.9. The zero-order chi connectivity index (χ0) is 31.7. The third-order valence-electron chi connectivity index (χ3n) is 7.70. The van der Waals surface area contributed by atoms with E-state index in [1.54, 1.807) is 24.3 Å². The van der Waals surface area contributed by atoms with E-state index in [0.717, 1.165) is 28.7 Å². The van der Waals surface area contributed by atoms with Crippen LogP contribution >= 0.6 is 0 Å². The van der Waals surface area contributed by atoms with Crippen molar-refractivity contribution in [3.63, 3.8) is 0 Å². The van der Waals surface area contributed by atoms with E-state index in [1.807, 2.05) is 100 Å². The second-order valence-corrected chi connectivity index (χ2v) is 13.0. The second kappa shape index (κ2) is 14.8. The van der Waals surface area contributed by atoms with Gasteiger partial charge in [0, 0.05) is 19.0 Å². The number of amides is 2. The van der Waals surface area contributed by atoms with Gasteiger partial charge in [-0.1, -0.05) is 103 Å². The Morgan fingerprint density at radius 1 is 0.795 bits per heavy atom. The maximum atomic E-state index is 14.5. The van der Waals surface area contributed by atoms with Crippen LogP contribution in [0.3, 0.4) is 0 Å². The second-order valence-electron chi connectivity index (χ2n) is 11.1. The topological polar surface area (TPSA) is 86.8 Å². The van der Waals surface area contributed by atoms with E-state index in [1.165, 1.54) is 21.3 Å². The van der Waals surface area contributed by atoms with Gasteiger partial charge < -0.3 is 10.2 Å². The molecule has 0 spiro atoms. The number of hydrogen-bond acceptors (Lipinski definition) is 4. The maximum Gasteiger partial charge on any atom is 0.264 e. The molecule has 0 aromatic heterocycles. The molecule has 4 aromatic rings. The largest absolute Gasteiger partial charge is 0.352 e. The lowest BCUT2D eigenvalue weighted by atomic mass is 10.0. The third-order valence-corrected chi connectivity index (χ3v) is 9.47. The molecule has 2 amide bonds.